The van der Waals surface area contributed by atoms with Crippen LogP contribution in [-0.4, -0.2) is 35.4 Å². The highest BCUT2D eigenvalue weighted by molar-refractivity contribution is 6.07. The van der Waals surface area contributed by atoms with Gasteiger partial charge in [0.1, 0.15) is 12.4 Å². The topological polar surface area (TPSA) is 85.4 Å². The van der Waals surface area contributed by atoms with E-state index in [1.165, 1.54) is 0 Å². The fourth-order valence-electron chi connectivity index (χ4n) is 1.68. The molecule has 0 aromatic carbocycles. The third kappa shape index (κ3) is 6.78. The first-order chi connectivity index (χ1) is 11.1. The van der Waals surface area contributed by atoms with Gasteiger partial charge in [0.2, 0.25) is 0 Å². The van der Waals surface area contributed by atoms with Crippen molar-refractivity contribution in [2.24, 2.45) is 10.7 Å². The molecule has 1 aromatic heterocycles. The first kappa shape index (κ1) is 18.4. The minimum atomic E-state index is 0.395. The Morgan fingerprint density at radius 2 is 2.30 bits per heavy atom. The quantitative estimate of drug-likeness (QED) is 0.394. The number of nitrogens with two attached hydrogens (primary N) is 1. The lowest BCUT2D eigenvalue weighted by atomic mass is 10.2. The molecular formula is C17H25N5O. The van der Waals surface area contributed by atoms with E-state index in [1.54, 1.807) is 24.4 Å². The number of aromatic nitrogens is 2. The van der Waals surface area contributed by atoms with Gasteiger partial charge in [-0.2, -0.15) is 0 Å². The molecule has 0 fully saturated rings. The molecule has 0 aliphatic rings. The Morgan fingerprint density at radius 1 is 1.52 bits per heavy atom. The summed E-state index contributed by atoms with van der Waals surface area (Å²) in [5, 5.41) is 3.23. The van der Waals surface area contributed by atoms with Crippen LogP contribution in [0.4, 0.5) is 5.82 Å². The van der Waals surface area contributed by atoms with Crippen molar-refractivity contribution in [2.75, 3.05) is 25.0 Å². The summed E-state index contributed by atoms with van der Waals surface area (Å²) < 4.78 is 5.71. The van der Waals surface area contributed by atoms with E-state index in [1.807, 2.05) is 6.92 Å². The Hall–Kier alpha value is -2.63. The van der Waals surface area contributed by atoms with Crippen molar-refractivity contribution in [3.8, 4) is 5.75 Å². The number of aryl methyl sites for hydroxylation is 1. The molecule has 0 aliphatic carbocycles. The normalized spacial score (nSPS) is 11.5. The summed E-state index contributed by atoms with van der Waals surface area (Å²) in [4.78, 5) is 12.9. The molecule has 0 saturated carbocycles. The van der Waals surface area contributed by atoms with Crippen molar-refractivity contribution in [3.63, 3.8) is 0 Å². The van der Waals surface area contributed by atoms with E-state index in [0.29, 0.717) is 42.0 Å². The summed E-state index contributed by atoms with van der Waals surface area (Å²) in [6.45, 7) is 12.9. The van der Waals surface area contributed by atoms with Gasteiger partial charge in [-0.1, -0.05) is 32.2 Å². The van der Waals surface area contributed by atoms with Crippen molar-refractivity contribution in [1.82, 2.24) is 9.97 Å². The fourth-order valence-corrected chi connectivity index (χ4v) is 1.68. The zero-order valence-corrected chi connectivity index (χ0v) is 13.9. The van der Waals surface area contributed by atoms with E-state index >= 15 is 0 Å². The van der Waals surface area contributed by atoms with Gasteiger partial charge in [0.05, 0.1) is 18.5 Å². The maximum absolute atomic E-state index is 5.71. The van der Waals surface area contributed by atoms with Crippen LogP contribution in [0.15, 0.2) is 48.3 Å². The average Bonchev–Trinajstić information content (AvgIpc) is 2.53. The van der Waals surface area contributed by atoms with Crippen LogP contribution in [0, 0.1) is 6.92 Å². The fraction of sp³-hybridized carbons (Fsp3) is 0.353. The van der Waals surface area contributed by atoms with E-state index in [0.717, 1.165) is 13.0 Å². The summed E-state index contributed by atoms with van der Waals surface area (Å²) in [6.07, 6.45) is 7.86. The van der Waals surface area contributed by atoms with Gasteiger partial charge in [-0.05, 0) is 19.4 Å². The van der Waals surface area contributed by atoms with E-state index in [4.69, 9.17) is 10.5 Å². The molecule has 0 radical (unpaired) electrons. The Balaban J connectivity index is 2.65. The van der Waals surface area contributed by atoms with E-state index in [-0.39, 0.29) is 0 Å². The second-order valence-electron chi connectivity index (χ2n) is 4.79. The Kier molecular flexibility index (Phi) is 8.13. The maximum atomic E-state index is 5.71. The summed E-state index contributed by atoms with van der Waals surface area (Å²) in [5.74, 6) is 2.03. The third-order valence-corrected chi connectivity index (χ3v) is 2.77. The van der Waals surface area contributed by atoms with Gasteiger partial charge in [0.25, 0.3) is 0 Å². The molecule has 0 unspecified atom stereocenters. The Morgan fingerprint density at radius 3 is 2.96 bits per heavy atom. The van der Waals surface area contributed by atoms with Crippen LogP contribution in [0.25, 0.3) is 0 Å². The number of allylic oxidation sites excluding steroid dienone is 3. The van der Waals surface area contributed by atoms with Crippen LogP contribution >= 0.6 is 0 Å². The zero-order valence-electron chi connectivity index (χ0n) is 13.9. The molecule has 0 atom stereocenters. The predicted molar refractivity (Wildman–Crippen MR) is 96.0 cm³/mol. The standard InChI is InChI=1S/C17H25N5O/c1-5-7-8-15(13(3)18)19-10-11-23-16-12-21-14(4)22-17(16)20-9-6-2/h5,7-8,12H,1,3,6,9-11,18H2,2,4H3,(H,20,21,22)/b8-7-,19-15+. The van der Waals surface area contributed by atoms with Gasteiger partial charge >= 0.3 is 0 Å². The van der Waals surface area contributed by atoms with Crippen LogP contribution in [0.3, 0.4) is 0 Å². The molecule has 1 heterocycles. The number of hydrogen-bond donors (Lipinski definition) is 2. The number of nitrogens with zero attached hydrogens (tertiary/aromatic N) is 3. The van der Waals surface area contributed by atoms with Gasteiger partial charge in [0, 0.05) is 12.2 Å². The Bertz CT molecular complexity index is 593. The molecule has 6 heteroatoms. The summed E-state index contributed by atoms with van der Waals surface area (Å²) in [7, 11) is 0. The molecular weight excluding hydrogens is 290 g/mol. The first-order valence-corrected chi connectivity index (χ1v) is 7.57. The smallest absolute Gasteiger partial charge is 0.179 e. The number of ether oxygens (including phenoxy) is 1. The minimum Gasteiger partial charge on any atom is -0.486 e. The highest BCUT2D eigenvalue weighted by Gasteiger charge is 2.06. The first-order valence-electron chi connectivity index (χ1n) is 7.57. The van der Waals surface area contributed by atoms with Crippen molar-refractivity contribution in [2.45, 2.75) is 20.3 Å². The second kappa shape index (κ2) is 10.2. The average molecular weight is 315 g/mol. The van der Waals surface area contributed by atoms with E-state index < -0.39 is 0 Å². The lowest BCUT2D eigenvalue weighted by Crippen LogP contribution is -2.12. The third-order valence-electron chi connectivity index (χ3n) is 2.77. The number of hydrogen-bond acceptors (Lipinski definition) is 6. The van der Waals surface area contributed by atoms with Gasteiger partial charge < -0.3 is 15.8 Å². The molecule has 23 heavy (non-hydrogen) atoms. The lowest BCUT2D eigenvalue weighted by Gasteiger charge is -2.11. The maximum Gasteiger partial charge on any atom is 0.179 e. The van der Waals surface area contributed by atoms with E-state index in [2.05, 4.69) is 40.4 Å². The minimum absolute atomic E-state index is 0.395. The molecule has 1 rings (SSSR count). The molecule has 0 aliphatic heterocycles. The number of anilines is 1. The SMILES string of the molecule is C=C/C=C\C(=N/CCOc1cnc(C)nc1NCCC)C(=C)N. The molecule has 0 amide bonds. The second-order valence-corrected chi connectivity index (χ2v) is 4.79. The number of nitrogens with one attached hydrogen (secondary N) is 1. The van der Waals surface area contributed by atoms with Crippen molar-refractivity contribution in [1.29, 1.82) is 0 Å². The number of rotatable bonds is 10. The molecule has 0 spiro atoms. The summed E-state index contributed by atoms with van der Waals surface area (Å²) in [5.41, 5.74) is 6.72. The Labute approximate surface area is 137 Å². The van der Waals surface area contributed by atoms with Gasteiger partial charge in [0.15, 0.2) is 11.6 Å². The molecule has 6 nitrogen and oxygen atoms in total. The zero-order chi connectivity index (χ0) is 17.1. The number of aliphatic imine (C=N–C) groups is 1. The lowest BCUT2D eigenvalue weighted by molar-refractivity contribution is 0.327. The van der Waals surface area contributed by atoms with Gasteiger partial charge in [-0.25, -0.2) is 9.97 Å². The highest BCUT2D eigenvalue weighted by Crippen LogP contribution is 2.20. The summed E-state index contributed by atoms with van der Waals surface area (Å²) >= 11 is 0. The highest BCUT2D eigenvalue weighted by atomic mass is 16.5. The van der Waals surface area contributed by atoms with Gasteiger partial charge in [-0.3, -0.25) is 4.99 Å². The molecule has 124 valence electrons. The van der Waals surface area contributed by atoms with Crippen LogP contribution in [-0.2, 0) is 0 Å². The monoisotopic (exact) mass is 315 g/mol. The van der Waals surface area contributed by atoms with Gasteiger partial charge in [-0.15, -0.1) is 0 Å². The van der Waals surface area contributed by atoms with Crippen LogP contribution in [0.5, 0.6) is 5.75 Å². The van der Waals surface area contributed by atoms with Crippen molar-refractivity contribution < 1.29 is 4.74 Å². The van der Waals surface area contributed by atoms with Crippen molar-refractivity contribution in [3.05, 3.63) is 49.1 Å². The van der Waals surface area contributed by atoms with Crippen LogP contribution in [0.2, 0.25) is 0 Å². The van der Waals surface area contributed by atoms with Crippen LogP contribution in [0.1, 0.15) is 19.2 Å². The summed E-state index contributed by atoms with van der Waals surface area (Å²) in [6, 6.07) is 0. The molecule has 3 N–H and O–H groups in total. The largest absolute Gasteiger partial charge is 0.486 e. The van der Waals surface area contributed by atoms with Crippen LogP contribution < -0.4 is 15.8 Å². The van der Waals surface area contributed by atoms with Crippen molar-refractivity contribution >= 4 is 11.5 Å². The predicted octanol–water partition coefficient (Wildman–Crippen LogP) is 2.64. The van der Waals surface area contributed by atoms with E-state index in [9.17, 15) is 0 Å². The molecule has 0 saturated heterocycles. The molecule has 1 aromatic rings. The molecule has 0 bridgehead atoms.